The number of ether oxygens (including phenoxy) is 1. The second-order valence-corrected chi connectivity index (χ2v) is 6.86. The molecule has 27 heavy (non-hydrogen) atoms. The third-order valence-electron chi connectivity index (χ3n) is 4.27. The first-order valence-corrected chi connectivity index (χ1v) is 9.15. The van der Waals surface area contributed by atoms with Crippen LogP contribution in [0.2, 0.25) is 0 Å². The molecular weight excluding hydrogens is 346 g/mol. The van der Waals surface area contributed by atoms with Gasteiger partial charge in [-0.1, -0.05) is 18.2 Å². The number of aryl methyl sites for hydroxylation is 1. The predicted octanol–water partition coefficient (Wildman–Crippen LogP) is 2.06. The van der Waals surface area contributed by atoms with E-state index in [1.54, 1.807) is 11.9 Å². The number of carbonyl (C=O) groups is 3. The van der Waals surface area contributed by atoms with Crippen LogP contribution in [0.25, 0.3) is 0 Å². The second-order valence-electron chi connectivity index (χ2n) is 6.86. The summed E-state index contributed by atoms with van der Waals surface area (Å²) in [4.78, 5) is 39.4. The van der Waals surface area contributed by atoms with Crippen LogP contribution in [-0.4, -0.2) is 67.4 Å². The number of para-hydroxylation sites is 1. The smallest absolute Gasteiger partial charge is 0.307 e. The van der Waals surface area contributed by atoms with Crippen molar-refractivity contribution in [3.63, 3.8) is 0 Å². The molecule has 0 aliphatic heterocycles. The van der Waals surface area contributed by atoms with Crippen molar-refractivity contribution in [2.75, 3.05) is 39.1 Å². The van der Waals surface area contributed by atoms with Crippen molar-refractivity contribution in [3.8, 4) is 0 Å². The fourth-order valence-corrected chi connectivity index (χ4v) is 2.64. The maximum Gasteiger partial charge on any atom is 0.307 e. The van der Waals surface area contributed by atoms with Gasteiger partial charge in [-0.25, -0.2) is 0 Å². The van der Waals surface area contributed by atoms with E-state index in [0.717, 1.165) is 11.3 Å². The molecule has 1 rings (SSSR count). The quantitative estimate of drug-likeness (QED) is 0.632. The molecule has 0 fully saturated rings. The summed E-state index contributed by atoms with van der Waals surface area (Å²) in [6, 6.07) is 7.59. The molecule has 1 aromatic carbocycles. The van der Waals surface area contributed by atoms with E-state index in [4.69, 9.17) is 0 Å². The van der Waals surface area contributed by atoms with E-state index < -0.39 is 0 Å². The van der Waals surface area contributed by atoms with Crippen molar-refractivity contribution in [2.45, 2.75) is 39.7 Å². The molecule has 0 spiro atoms. The molecular formula is C20H31N3O4. The third kappa shape index (κ3) is 8.21. The van der Waals surface area contributed by atoms with Crippen LogP contribution >= 0.6 is 0 Å². The lowest BCUT2D eigenvalue weighted by molar-refractivity contribution is -0.142. The van der Waals surface area contributed by atoms with Gasteiger partial charge >= 0.3 is 5.97 Å². The normalized spacial score (nSPS) is 10.8. The maximum absolute atomic E-state index is 12.5. The SMILES string of the molecule is COC(=O)CCN(C(=O)CCN(C)CC(=O)Nc1ccccc1C)C(C)C. The lowest BCUT2D eigenvalue weighted by atomic mass is 10.2. The number of hydrogen-bond donors (Lipinski definition) is 1. The highest BCUT2D eigenvalue weighted by molar-refractivity contribution is 5.92. The largest absolute Gasteiger partial charge is 0.469 e. The minimum absolute atomic E-state index is 0.00295. The van der Waals surface area contributed by atoms with Gasteiger partial charge in [-0.2, -0.15) is 0 Å². The van der Waals surface area contributed by atoms with Gasteiger partial charge in [-0.3, -0.25) is 19.3 Å². The average molecular weight is 377 g/mol. The number of hydrogen-bond acceptors (Lipinski definition) is 5. The van der Waals surface area contributed by atoms with Crippen molar-refractivity contribution in [2.24, 2.45) is 0 Å². The van der Waals surface area contributed by atoms with Gasteiger partial charge in [0.05, 0.1) is 20.1 Å². The maximum atomic E-state index is 12.5. The van der Waals surface area contributed by atoms with Crippen LogP contribution in [0, 0.1) is 6.92 Å². The van der Waals surface area contributed by atoms with Crippen molar-refractivity contribution in [1.29, 1.82) is 0 Å². The molecule has 1 N–H and O–H groups in total. The Morgan fingerprint density at radius 1 is 1.11 bits per heavy atom. The number of likely N-dealkylation sites (N-methyl/N-ethyl adjacent to an activating group) is 1. The molecule has 0 aliphatic carbocycles. The number of methoxy groups -OCH3 is 1. The minimum atomic E-state index is -0.335. The van der Waals surface area contributed by atoms with Gasteiger partial charge in [0, 0.05) is 31.2 Å². The summed E-state index contributed by atoms with van der Waals surface area (Å²) in [6.45, 7) is 6.75. The first-order valence-electron chi connectivity index (χ1n) is 9.15. The summed E-state index contributed by atoms with van der Waals surface area (Å²) < 4.78 is 4.63. The lowest BCUT2D eigenvalue weighted by Crippen LogP contribution is -2.40. The van der Waals surface area contributed by atoms with Gasteiger partial charge in [-0.15, -0.1) is 0 Å². The number of anilines is 1. The molecule has 0 saturated heterocycles. The lowest BCUT2D eigenvalue weighted by Gasteiger charge is -2.27. The van der Waals surface area contributed by atoms with Crippen LogP contribution in [-0.2, 0) is 19.1 Å². The zero-order chi connectivity index (χ0) is 20.4. The average Bonchev–Trinajstić information content (AvgIpc) is 2.61. The summed E-state index contributed by atoms with van der Waals surface area (Å²) in [5.41, 5.74) is 1.79. The molecule has 7 nitrogen and oxygen atoms in total. The molecule has 150 valence electrons. The van der Waals surface area contributed by atoms with Crippen molar-refractivity contribution < 1.29 is 19.1 Å². The Bertz CT molecular complexity index is 646. The Kier molecular flexibility index (Phi) is 9.50. The summed E-state index contributed by atoms with van der Waals surface area (Å²) in [5, 5.41) is 2.88. The van der Waals surface area contributed by atoms with Crippen molar-refractivity contribution in [1.82, 2.24) is 9.80 Å². The van der Waals surface area contributed by atoms with E-state index in [9.17, 15) is 14.4 Å². The number of benzene rings is 1. The monoisotopic (exact) mass is 377 g/mol. The predicted molar refractivity (Wildman–Crippen MR) is 105 cm³/mol. The zero-order valence-electron chi connectivity index (χ0n) is 16.9. The number of rotatable bonds is 10. The van der Waals surface area contributed by atoms with E-state index >= 15 is 0 Å². The Labute approximate surface area is 161 Å². The molecule has 1 aromatic rings. The van der Waals surface area contributed by atoms with E-state index in [1.807, 2.05) is 49.9 Å². The van der Waals surface area contributed by atoms with Crippen LogP contribution in [0.4, 0.5) is 5.69 Å². The van der Waals surface area contributed by atoms with E-state index in [0.29, 0.717) is 13.1 Å². The fraction of sp³-hybridized carbons (Fsp3) is 0.550. The van der Waals surface area contributed by atoms with Crippen LogP contribution in [0.5, 0.6) is 0 Å². The number of carbonyl (C=O) groups excluding carboxylic acids is 3. The highest BCUT2D eigenvalue weighted by Gasteiger charge is 2.19. The van der Waals surface area contributed by atoms with Gasteiger partial charge in [0.2, 0.25) is 11.8 Å². The molecule has 0 aliphatic rings. The summed E-state index contributed by atoms with van der Waals surface area (Å²) >= 11 is 0. The van der Waals surface area contributed by atoms with E-state index in [-0.39, 0.29) is 43.2 Å². The van der Waals surface area contributed by atoms with Gasteiger partial charge in [0.25, 0.3) is 0 Å². The molecule has 0 radical (unpaired) electrons. The van der Waals surface area contributed by atoms with Crippen molar-refractivity contribution in [3.05, 3.63) is 29.8 Å². The van der Waals surface area contributed by atoms with Gasteiger partial charge in [0.1, 0.15) is 0 Å². The summed E-state index contributed by atoms with van der Waals surface area (Å²) in [5.74, 6) is -0.496. The van der Waals surface area contributed by atoms with Crippen LogP contribution in [0.3, 0.4) is 0 Å². The Hall–Kier alpha value is -2.41. The van der Waals surface area contributed by atoms with Gasteiger partial charge < -0.3 is 15.0 Å². The Morgan fingerprint density at radius 2 is 1.78 bits per heavy atom. The topological polar surface area (TPSA) is 79.0 Å². The molecule has 0 aromatic heterocycles. The van der Waals surface area contributed by atoms with Crippen LogP contribution < -0.4 is 5.32 Å². The van der Waals surface area contributed by atoms with Gasteiger partial charge in [0.15, 0.2) is 0 Å². The number of nitrogens with zero attached hydrogens (tertiary/aromatic N) is 2. The Morgan fingerprint density at radius 3 is 2.37 bits per heavy atom. The van der Waals surface area contributed by atoms with E-state index in [2.05, 4.69) is 10.1 Å². The van der Waals surface area contributed by atoms with E-state index in [1.165, 1.54) is 7.11 Å². The highest BCUT2D eigenvalue weighted by Crippen LogP contribution is 2.13. The van der Waals surface area contributed by atoms with Crippen LogP contribution in [0.1, 0.15) is 32.3 Å². The van der Waals surface area contributed by atoms with Gasteiger partial charge in [-0.05, 0) is 39.4 Å². The second kappa shape index (κ2) is 11.3. The summed E-state index contributed by atoms with van der Waals surface area (Å²) in [7, 11) is 3.14. The molecule has 0 bridgehead atoms. The zero-order valence-corrected chi connectivity index (χ0v) is 16.9. The molecule has 0 unspecified atom stereocenters. The molecule has 0 atom stereocenters. The number of esters is 1. The fourth-order valence-electron chi connectivity index (χ4n) is 2.64. The first-order chi connectivity index (χ1) is 12.7. The first kappa shape index (κ1) is 22.6. The number of nitrogens with one attached hydrogen (secondary N) is 1. The number of amides is 2. The molecule has 7 heteroatoms. The van der Waals surface area contributed by atoms with Crippen LogP contribution in [0.15, 0.2) is 24.3 Å². The standard InChI is InChI=1S/C20H31N3O4/c1-15(2)23(13-11-20(26)27-5)19(25)10-12-22(4)14-18(24)21-17-9-7-6-8-16(17)3/h6-9,15H,10-14H2,1-5H3,(H,21,24). The minimum Gasteiger partial charge on any atom is -0.469 e. The molecule has 0 heterocycles. The molecule has 0 saturated carbocycles. The molecule has 2 amide bonds. The third-order valence-corrected chi connectivity index (χ3v) is 4.27. The highest BCUT2D eigenvalue weighted by atomic mass is 16.5. The Balaban J connectivity index is 2.45. The van der Waals surface area contributed by atoms with Crippen molar-refractivity contribution >= 4 is 23.5 Å². The summed E-state index contributed by atoms with van der Waals surface area (Å²) in [6.07, 6.45) is 0.461.